The zero-order valence-electron chi connectivity index (χ0n) is 16.8. The first-order chi connectivity index (χ1) is 14.8. The first kappa shape index (κ1) is 23.3. The largest absolute Gasteiger partial charge is 0.495 e. The van der Waals surface area contributed by atoms with Crippen molar-refractivity contribution in [2.75, 3.05) is 32.0 Å². The fraction of sp³-hybridized carbons (Fsp3) is 0.143. The van der Waals surface area contributed by atoms with Gasteiger partial charge in [0.25, 0.3) is 5.91 Å². The highest BCUT2D eigenvalue weighted by molar-refractivity contribution is 6.31. The molecule has 0 atom stereocenters. The molecule has 0 saturated carbocycles. The van der Waals surface area contributed by atoms with Gasteiger partial charge in [-0.05, 0) is 36.4 Å². The Kier molecular flexibility index (Phi) is 8.00. The zero-order chi connectivity index (χ0) is 23.0. The van der Waals surface area contributed by atoms with E-state index in [1.54, 1.807) is 18.2 Å². The lowest BCUT2D eigenvalue weighted by Gasteiger charge is -2.11. The summed E-state index contributed by atoms with van der Waals surface area (Å²) in [6, 6.07) is 10.5. The van der Waals surface area contributed by atoms with Gasteiger partial charge in [0.1, 0.15) is 17.4 Å². The lowest BCUT2D eigenvalue weighted by atomic mass is 10.1. The van der Waals surface area contributed by atoms with E-state index < -0.39 is 17.8 Å². The van der Waals surface area contributed by atoms with Gasteiger partial charge in [0, 0.05) is 11.2 Å². The molecule has 0 radical (unpaired) electrons. The summed E-state index contributed by atoms with van der Waals surface area (Å²) in [6.45, 7) is 0. The molecule has 2 aromatic rings. The van der Waals surface area contributed by atoms with E-state index in [-0.39, 0.29) is 28.1 Å². The molecule has 0 spiro atoms. The number of rotatable bonds is 7. The predicted molar refractivity (Wildman–Crippen MR) is 113 cm³/mol. The molecule has 0 aromatic heterocycles. The summed E-state index contributed by atoms with van der Waals surface area (Å²) in [4.78, 5) is 36.3. The summed E-state index contributed by atoms with van der Waals surface area (Å²) in [5, 5.41) is 15.0. The van der Waals surface area contributed by atoms with Gasteiger partial charge in [-0.15, -0.1) is 0 Å². The van der Waals surface area contributed by atoms with Crippen LogP contribution in [0.15, 0.2) is 48.2 Å². The summed E-state index contributed by atoms with van der Waals surface area (Å²) in [6.07, 6.45) is 1.09. The Morgan fingerprint density at radius 1 is 1.00 bits per heavy atom. The monoisotopic (exact) mass is 443 g/mol. The maximum atomic E-state index is 12.5. The number of methoxy groups -OCH3 is 3. The summed E-state index contributed by atoms with van der Waals surface area (Å²) in [5.74, 6) is -1.71. The normalized spacial score (nSPS) is 10.5. The molecule has 160 valence electrons. The van der Waals surface area contributed by atoms with Crippen LogP contribution >= 0.6 is 11.6 Å². The van der Waals surface area contributed by atoms with Crippen LogP contribution in [0.25, 0.3) is 0 Å². The van der Waals surface area contributed by atoms with E-state index in [0.717, 1.165) is 6.20 Å². The molecular weight excluding hydrogens is 426 g/mol. The smallest absolute Gasteiger partial charge is 0.339 e. The summed E-state index contributed by atoms with van der Waals surface area (Å²) in [7, 11) is 3.83. The maximum absolute atomic E-state index is 12.5. The Morgan fingerprint density at radius 2 is 1.71 bits per heavy atom. The number of benzene rings is 2. The summed E-state index contributed by atoms with van der Waals surface area (Å²) in [5.41, 5.74) is 0.319. The third-order valence-corrected chi connectivity index (χ3v) is 4.23. The first-order valence-corrected chi connectivity index (χ1v) is 9.04. The van der Waals surface area contributed by atoms with E-state index in [1.807, 2.05) is 0 Å². The number of hydrogen-bond acceptors (Lipinski definition) is 8. The van der Waals surface area contributed by atoms with E-state index in [0.29, 0.717) is 10.8 Å². The van der Waals surface area contributed by atoms with Gasteiger partial charge in [-0.3, -0.25) is 4.79 Å². The number of nitriles is 1. The number of nitrogens with one attached hydrogen (secondary N) is 2. The van der Waals surface area contributed by atoms with Crippen LogP contribution in [-0.4, -0.2) is 39.2 Å². The second-order valence-electron chi connectivity index (χ2n) is 5.86. The van der Waals surface area contributed by atoms with E-state index in [2.05, 4.69) is 15.4 Å². The highest BCUT2D eigenvalue weighted by Gasteiger charge is 2.17. The molecule has 0 aliphatic carbocycles. The minimum atomic E-state index is -0.751. The van der Waals surface area contributed by atoms with Crippen LogP contribution in [0, 0.1) is 11.3 Å². The number of hydrogen-bond donors (Lipinski definition) is 2. The van der Waals surface area contributed by atoms with E-state index in [1.165, 1.54) is 45.6 Å². The van der Waals surface area contributed by atoms with Crippen molar-refractivity contribution in [3.05, 3.63) is 64.3 Å². The minimum absolute atomic E-state index is 0.0839. The van der Waals surface area contributed by atoms with Gasteiger partial charge in [-0.25, -0.2) is 9.59 Å². The topological polar surface area (TPSA) is 127 Å². The molecule has 0 aliphatic heterocycles. The van der Waals surface area contributed by atoms with Gasteiger partial charge in [0.05, 0.1) is 43.8 Å². The van der Waals surface area contributed by atoms with E-state index in [4.69, 9.17) is 21.1 Å². The zero-order valence-corrected chi connectivity index (χ0v) is 17.6. The van der Waals surface area contributed by atoms with Crippen LogP contribution in [0.2, 0.25) is 5.02 Å². The molecule has 31 heavy (non-hydrogen) atoms. The Bertz CT molecular complexity index is 1090. The second-order valence-corrected chi connectivity index (χ2v) is 6.29. The fourth-order valence-corrected chi connectivity index (χ4v) is 2.63. The highest BCUT2D eigenvalue weighted by atomic mass is 35.5. The SMILES string of the molecule is COC(=O)c1ccc(C(=O)OC)c(N/C=C(/C#N)C(=O)Nc2cc(Cl)ccc2OC)c1. The number of ether oxygens (including phenoxy) is 3. The quantitative estimate of drug-likeness (QED) is 0.379. The number of anilines is 2. The molecule has 0 heterocycles. The van der Waals surface area contributed by atoms with Crippen molar-refractivity contribution in [1.82, 2.24) is 0 Å². The predicted octanol–water partition coefficient (Wildman–Crippen LogP) is 3.38. The van der Waals surface area contributed by atoms with Gasteiger partial charge in [0.15, 0.2) is 0 Å². The van der Waals surface area contributed by atoms with Crippen molar-refractivity contribution < 1.29 is 28.6 Å². The highest BCUT2D eigenvalue weighted by Crippen LogP contribution is 2.28. The first-order valence-electron chi connectivity index (χ1n) is 8.67. The molecule has 2 rings (SSSR count). The van der Waals surface area contributed by atoms with Crippen molar-refractivity contribution >= 4 is 40.8 Å². The van der Waals surface area contributed by atoms with Crippen molar-refractivity contribution in [2.24, 2.45) is 0 Å². The number of halogens is 1. The Hall–Kier alpha value is -4.03. The molecule has 2 N–H and O–H groups in total. The van der Waals surface area contributed by atoms with Gasteiger partial charge >= 0.3 is 11.9 Å². The number of carbonyl (C=O) groups excluding carboxylic acids is 3. The molecule has 2 aromatic carbocycles. The molecule has 0 aliphatic rings. The van der Waals surface area contributed by atoms with Crippen LogP contribution in [0.4, 0.5) is 11.4 Å². The van der Waals surface area contributed by atoms with Crippen LogP contribution in [0.3, 0.4) is 0 Å². The van der Waals surface area contributed by atoms with Crippen molar-refractivity contribution in [1.29, 1.82) is 5.26 Å². The number of nitrogens with zero attached hydrogens (tertiary/aromatic N) is 1. The second kappa shape index (κ2) is 10.7. The molecule has 0 bridgehead atoms. The number of esters is 2. The molecule has 10 heteroatoms. The van der Waals surface area contributed by atoms with Gasteiger partial charge in [-0.2, -0.15) is 5.26 Å². The molecule has 9 nitrogen and oxygen atoms in total. The average molecular weight is 444 g/mol. The maximum Gasteiger partial charge on any atom is 0.339 e. The molecule has 1 amide bonds. The van der Waals surface area contributed by atoms with Crippen LogP contribution in [0.5, 0.6) is 5.75 Å². The lowest BCUT2D eigenvalue weighted by molar-refractivity contribution is -0.112. The van der Waals surface area contributed by atoms with Gasteiger partial charge in [0.2, 0.25) is 0 Å². The van der Waals surface area contributed by atoms with E-state index in [9.17, 15) is 19.6 Å². The molecular formula is C21H18ClN3O6. The van der Waals surface area contributed by atoms with Crippen molar-refractivity contribution in [3.8, 4) is 11.8 Å². The van der Waals surface area contributed by atoms with Crippen LogP contribution in [-0.2, 0) is 14.3 Å². The summed E-state index contributed by atoms with van der Waals surface area (Å²) >= 11 is 5.94. The Labute approximate surface area is 183 Å². The third-order valence-electron chi connectivity index (χ3n) is 3.99. The van der Waals surface area contributed by atoms with Gasteiger partial charge < -0.3 is 24.8 Å². The number of amides is 1. The standard InChI is InChI=1S/C21H18ClN3O6/c1-29-18-7-5-14(22)9-17(18)25-19(26)13(10-23)11-24-16-8-12(20(27)30-2)4-6-15(16)21(28)31-3/h4-9,11,24H,1-3H3,(H,25,26)/b13-11-. The van der Waals surface area contributed by atoms with Gasteiger partial charge in [-0.1, -0.05) is 11.6 Å². The molecule has 0 unspecified atom stereocenters. The third kappa shape index (κ3) is 5.74. The van der Waals surface area contributed by atoms with E-state index >= 15 is 0 Å². The van der Waals surface area contributed by atoms with Crippen LogP contribution in [0.1, 0.15) is 20.7 Å². The Balaban J connectivity index is 2.34. The molecule has 0 fully saturated rings. The molecule has 0 saturated heterocycles. The Morgan fingerprint density at radius 3 is 2.32 bits per heavy atom. The van der Waals surface area contributed by atoms with Crippen molar-refractivity contribution in [3.63, 3.8) is 0 Å². The minimum Gasteiger partial charge on any atom is -0.495 e. The van der Waals surface area contributed by atoms with Crippen molar-refractivity contribution in [2.45, 2.75) is 0 Å². The average Bonchev–Trinajstić information content (AvgIpc) is 2.78. The number of carbonyl (C=O) groups is 3. The lowest BCUT2D eigenvalue weighted by Crippen LogP contribution is -2.15. The summed E-state index contributed by atoms with van der Waals surface area (Å²) < 4.78 is 14.5. The van der Waals surface area contributed by atoms with Crippen LogP contribution < -0.4 is 15.4 Å². The fourth-order valence-electron chi connectivity index (χ4n) is 2.46.